The molecule has 6 heteroatoms. The molecule has 1 atom stereocenters. The average molecular weight is 280 g/mol. The van der Waals surface area contributed by atoms with Gasteiger partial charge < -0.3 is 15.5 Å². The van der Waals surface area contributed by atoms with Crippen molar-refractivity contribution in [3.63, 3.8) is 0 Å². The minimum absolute atomic E-state index is 0.262. The van der Waals surface area contributed by atoms with E-state index in [1.54, 1.807) is 38.2 Å². The minimum atomic E-state index is -0.348. The van der Waals surface area contributed by atoms with Crippen LogP contribution in [-0.2, 0) is 0 Å². The summed E-state index contributed by atoms with van der Waals surface area (Å²) in [5.74, 6) is 0.827. The highest BCUT2D eigenvalue weighted by atomic mass is 35.5. The third-order valence-electron chi connectivity index (χ3n) is 2.65. The van der Waals surface area contributed by atoms with E-state index in [2.05, 4.69) is 10.3 Å². The summed E-state index contributed by atoms with van der Waals surface area (Å²) in [5.41, 5.74) is 6.37. The minimum Gasteiger partial charge on any atom is -0.444 e. The molecule has 1 aromatic heterocycles. The molecule has 0 aliphatic heterocycles. The molecular formula is C13H14ClN3O2. The fraction of sp³-hybridized carbons (Fsp3) is 0.231. The number of nitrogens with one attached hydrogen (secondary N) is 1. The SMILES string of the molecule is Cc1cnc(C(C)NC(=O)c2cccc(Cl)c2N)o1. The molecule has 2 aromatic rings. The van der Waals surface area contributed by atoms with Gasteiger partial charge >= 0.3 is 0 Å². The molecule has 0 aliphatic rings. The molecule has 3 N–H and O–H groups in total. The average Bonchev–Trinajstić information content (AvgIpc) is 2.79. The third-order valence-corrected chi connectivity index (χ3v) is 2.98. The molecule has 1 heterocycles. The lowest BCUT2D eigenvalue weighted by Gasteiger charge is -2.12. The Balaban J connectivity index is 2.15. The van der Waals surface area contributed by atoms with Crippen LogP contribution in [0.15, 0.2) is 28.8 Å². The maximum Gasteiger partial charge on any atom is 0.254 e. The van der Waals surface area contributed by atoms with Gasteiger partial charge in [-0.15, -0.1) is 0 Å². The second-order valence-corrected chi connectivity index (χ2v) is 4.61. The lowest BCUT2D eigenvalue weighted by Crippen LogP contribution is -2.27. The second-order valence-electron chi connectivity index (χ2n) is 4.21. The second kappa shape index (κ2) is 5.32. The highest BCUT2D eigenvalue weighted by Crippen LogP contribution is 2.23. The summed E-state index contributed by atoms with van der Waals surface area (Å²) < 4.78 is 5.35. The van der Waals surface area contributed by atoms with Crippen LogP contribution in [-0.4, -0.2) is 10.9 Å². The number of carbonyl (C=O) groups is 1. The van der Waals surface area contributed by atoms with Crippen molar-refractivity contribution in [2.24, 2.45) is 0 Å². The van der Waals surface area contributed by atoms with Crippen LogP contribution in [0.25, 0.3) is 0 Å². The van der Waals surface area contributed by atoms with Gasteiger partial charge in [0.05, 0.1) is 22.5 Å². The van der Waals surface area contributed by atoms with E-state index >= 15 is 0 Å². The van der Waals surface area contributed by atoms with Gasteiger partial charge in [-0.1, -0.05) is 17.7 Å². The molecule has 2 rings (SSSR count). The molecule has 100 valence electrons. The zero-order valence-corrected chi connectivity index (χ0v) is 11.4. The first kappa shape index (κ1) is 13.4. The van der Waals surface area contributed by atoms with Crippen molar-refractivity contribution < 1.29 is 9.21 Å². The third kappa shape index (κ3) is 2.88. The lowest BCUT2D eigenvalue weighted by atomic mass is 10.1. The summed E-state index contributed by atoms with van der Waals surface area (Å²) in [6.07, 6.45) is 1.60. The number of oxazole rings is 1. The molecule has 0 saturated heterocycles. The van der Waals surface area contributed by atoms with Crippen molar-refractivity contribution in [1.29, 1.82) is 0 Å². The Morgan fingerprint density at radius 1 is 1.53 bits per heavy atom. The molecule has 0 saturated carbocycles. The van der Waals surface area contributed by atoms with Crippen LogP contribution < -0.4 is 11.1 Å². The normalized spacial score (nSPS) is 12.2. The number of halogens is 1. The highest BCUT2D eigenvalue weighted by molar-refractivity contribution is 6.33. The predicted molar refractivity (Wildman–Crippen MR) is 73.0 cm³/mol. The Kier molecular flexibility index (Phi) is 3.76. The van der Waals surface area contributed by atoms with Crippen molar-refractivity contribution in [3.05, 3.63) is 46.6 Å². The van der Waals surface area contributed by atoms with Crippen LogP contribution in [0, 0.1) is 6.92 Å². The molecular weight excluding hydrogens is 266 g/mol. The van der Waals surface area contributed by atoms with E-state index in [1.165, 1.54) is 0 Å². The molecule has 1 unspecified atom stereocenters. The maximum absolute atomic E-state index is 12.1. The number of nitrogen functional groups attached to an aromatic ring is 1. The molecule has 1 aromatic carbocycles. The van der Waals surface area contributed by atoms with E-state index in [-0.39, 0.29) is 17.6 Å². The number of aromatic nitrogens is 1. The highest BCUT2D eigenvalue weighted by Gasteiger charge is 2.17. The van der Waals surface area contributed by atoms with Gasteiger partial charge in [-0.3, -0.25) is 4.79 Å². The lowest BCUT2D eigenvalue weighted by molar-refractivity contribution is 0.0935. The Labute approximate surface area is 115 Å². The topological polar surface area (TPSA) is 81.2 Å². The number of anilines is 1. The quantitative estimate of drug-likeness (QED) is 0.847. The van der Waals surface area contributed by atoms with Crippen LogP contribution >= 0.6 is 11.6 Å². The number of hydrogen-bond acceptors (Lipinski definition) is 4. The Hall–Kier alpha value is -2.01. The van der Waals surface area contributed by atoms with Crippen molar-refractivity contribution in [2.45, 2.75) is 19.9 Å². The number of hydrogen-bond donors (Lipinski definition) is 2. The van der Waals surface area contributed by atoms with E-state index in [1.807, 2.05) is 0 Å². The summed E-state index contributed by atoms with van der Waals surface area (Å²) in [4.78, 5) is 16.2. The van der Waals surface area contributed by atoms with Gasteiger partial charge in [0.15, 0.2) is 0 Å². The van der Waals surface area contributed by atoms with E-state index in [0.29, 0.717) is 22.2 Å². The van der Waals surface area contributed by atoms with E-state index in [0.717, 1.165) is 0 Å². The molecule has 0 bridgehead atoms. The number of rotatable bonds is 3. The summed E-state index contributed by atoms with van der Waals surface area (Å²) in [6.45, 7) is 3.57. The van der Waals surface area contributed by atoms with Gasteiger partial charge in [0, 0.05) is 0 Å². The summed E-state index contributed by atoms with van der Waals surface area (Å²) in [6, 6.07) is 4.58. The summed E-state index contributed by atoms with van der Waals surface area (Å²) >= 11 is 5.88. The van der Waals surface area contributed by atoms with Crippen LogP contribution in [0.5, 0.6) is 0 Å². The van der Waals surface area contributed by atoms with Crippen molar-refractivity contribution >= 4 is 23.2 Å². The molecule has 0 radical (unpaired) electrons. The maximum atomic E-state index is 12.1. The van der Waals surface area contributed by atoms with Crippen LogP contribution in [0.1, 0.15) is 35.0 Å². The number of nitrogens with two attached hydrogens (primary N) is 1. The van der Waals surface area contributed by atoms with Gasteiger partial charge in [-0.2, -0.15) is 0 Å². The number of carbonyl (C=O) groups excluding carboxylic acids is 1. The molecule has 0 spiro atoms. The largest absolute Gasteiger partial charge is 0.444 e. The smallest absolute Gasteiger partial charge is 0.254 e. The van der Waals surface area contributed by atoms with Gasteiger partial charge in [0.1, 0.15) is 11.8 Å². The van der Waals surface area contributed by atoms with E-state index < -0.39 is 0 Å². The number of benzene rings is 1. The standard InChI is InChI=1S/C13H14ClN3O2/c1-7-6-16-13(19-7)8(2)17-12(18)9-4-3-5-10(14)11(9)15/h3-6,8H,15H2,1-2H3,(H,17,18). The van der Waals surface area contributed by atoms with Gasteiger partial charge in [-0.25, -0.2) is 4.98 Å². The van der Waals surface area contributed by atoms with Gasteiger partial charge in [-0.05, 0) is 26.0 Å². The summed E-state index contributed by atoms with van der Waals surface area (Å²) in [5, 5.41) is 3.11. The van der Waals surface area contributed by atoms with Crippen LogP contribution in [0.4, 0.5) is 5.69 Å². The molecule has 5 nitrogen and oxygen atoms in total. The zero-order valence-electron chi connectivity index (χ0n) is 10.6. The molecule has 0 fully saturated rings. The van der Waals surface area contributed by atoms with Crippen molar-refractivity contribution in [2.75, 3.05) is 5.73 Å². The Morgan fingerprint density at radius 3 is 2.89 bits per heavy atom. The van der Waals surface area contributed by atoms with E-state index in [4.69, 9.17) is 21.8 Å². The monoisotopic (exact) mass is 279 g/mol. The fourth-order valence-corrected chi connectivity index (χ4v) is 1.82. The predicted octanol–water partition coefficient (Wildman–Crippen LogP) is 2.71. The first-order chi connectivity index (χ1) is 8.99. The molecule has 0 aliphatic carbocycles. The first-order valence-electron chi connectivity index (χ1n) is 5.76. The van der Waals surface area contributed by atoms with Gasteiger partial charge in [0.25, 0.3) is 5.91 Å². The summed E-state index contributed by atoms with van der Waals surface area (Å²) in [7, 11) is 0. The number of para-hydroxylation sites is 1. The Morgan fingerprint density at radius 2 is 2.26 bits per heavy atom. The number of nitrogens with zero attached hydrogens (tertiary/aromatic N) is 1. The van der Waals surface area contributed by atoms with Crippen LogP contribution in [0.2, 0.25) is 5.02 Å². The molecule has 19 heavy (non-hydrogen) atoms. The zero-order chi connectivity index (χ0) is 14.0. The van der Waals surface area contributed by atoms with Crippen LogP contribution in [0.3, 0.4) is 0 Å². The van der Waals surface area contributed by atoms with Crippen molar-refractivity contribution in [1.82, 2.24) is 10.3 Å². The Bertz CT molecular complexity index is 610. The number of aryl methyl sites for hydroxylation is 1. The van der Waals surface area contributed by atoms with Crippen molar-refractivity contribution in [3.8, 4) is 0 Å². The van der Waals surface area contributed by atoms with E-state index in [9.17, 15) is 4.79 Å². The number of amides is 1. The van der Waals surface area contributed by atoms with Gasteiger partial charge in [0.2, 0.25) is 5.89 Å². The molecule has 1 amide bonds. The first-order valence-corrected chi connectivity index (χ1v) is 6.14. The fourth-order valence-electron chi connectivity index (χ4n) is 1.64.